The maximum atomic E-state index is 10.1. The summed E-state index contributed by atoms with van der Waals surface area (Å²) in [6.07, 6.45) is 0.800. The highest BCUT2D eigenvalue weighted by molar-refractivity contribution is 8.67. The van der Waals surface area contributed by atoms with Gasteiger partial charge in [0.2, 0.25) is 0 Å². The van der Waals surface area contributed by atoms with Crippen molar-refractivity contribution >= 4 is 20.1 Å². The first-order chi connectivity index (χ1) is 4.48. The van der Waals surface area contributed by atoms with Crippen LogP contribution in [0.3, 0.4) is 0 Å². The summed E-state index contributed by atoms with van der Waals surface area (Å²) in [6, 6.07) is 0. The number of hydrogen-bond donors (Lipinski definition) is 0. The van der Waals surface area contributed by atoms with Gasteiger partial charge < -0.3 is 0 Å². The van der Waals surface area contributed by atoms with Gasteiger partial charge in [-0.15, -0.1) is 5.26 Å². The molecule has 0 bridgehead atoms. The molecular weight excluding hydrogens is 184 g/mol. The molecule has 0 N–H and O–H groups in total. The minimum atomic E-state index is -4.37. The van der Waals surface area contributed by atoms with Gasteiger partial charge in [0.05, 0.1) is 0 Å². The molecule has 0 fully saturated rings. The zero-order valence-corrected chi connectivity index (χ0v) is 5.89. The highest BCUT2D eigenvalue weighted by Gasteiger charge is 2.23. The first-order valence-corrected chi connectivity index (χ1v) is 4.34. The number of rotatable bonds is 3. The van der Waals surface area contributed by atoms with E-state index in [0.29, 0.717) is 0 Å². The minimum Gasteiger partial charge on any atom is -0.290 e. The van der Waals surface area contributed by atoms with E-state index in [-0.39, 0.29) is 0 Å². The molecule has 0 aliphatic rings. The SMILES string of the molecule is N#COS(=O)(=O)S[N+](=O)[O-]. The predicted octanol–water partition coefficient (Wildman–Crippen LogP) is -0.346. The van der Waals surface area contributed by atoms with Crippen LogP contribution in [0.25, 0.3) is 0 Å². The van der Waals surface area contributed by atoms with Crippen molar-refractivity contribution < 1.29 is 16.9 Å². The van der Waals surface area contributed by atoms with E-state index >= 15 is 0 Å². The van der Waals surface area contributed by atoms with Gasteiger partial charge in [0.25, 0.3) is 0 Å². The van der Waals surface area contributed by atoms with Crippen molar-refractivity contribution in [3.63, 3.8) is 0 Å². The summed E-state index contributed by atoms with van der Waals surface area (Å²) < 4.78 is 22.4. The first kappa shape index (κ1) is 8.99. The summed E-state index contributed by atoms with van der Waals surface area (Å²) in [5.74, 6) is 0. The van der Waals surface area contributed by atoms with Crippen molar-refractivity contribution in [2.45, 2.75) is 0 Å². The Hall–Kier alpha value is -1.01. The highest BCUT2D eigenvalue weighted by atomic mass is 33.2. The van der Waals surface area contributed by atoms with Gasteiger partial charge in [0.1, 0.15) is 4.33 Å². The number of nitrogens with zero attached hydrogens (tertiary/aromatic N) is 2. The Morgan fingerprint density at radius 3 is 2.50 bits per heavy atom. The Kier molecular flexibility index (Phi) is 2.91. The summed E-state index contributed by atoms with van der Waals surface area (Å²) in [7, 11) is -5.04. The van der Waals surface area contributed by atoms with Crippen molar-refractivity contribution in [1.29, 1.82) is 5.26 Å². The van der Waals surface area contributed by atoms with Crippen molar-refractivity contribution in [2.75, 3.05) is 0 Å². The second-order valence-electron chi connectivity index (χ2n) is 0.881. The van der Waals surface area contributed by atoms with Crippen LogP contribution in [-0.2, 0) is 13.3 Å². The van der Waals surface area contributed by atoms with E-state index in [0.717, 1.165) is 6.26 Å². The summed E-state index contributed by atoms with van der Waals surface area (Å²) in [5, 5.41) is 17.1. The zero-order chi connectivity index (χ0) is 8.20. The maximum Gasteiger partial charge on any atom is 0.445 e. The fourth-order valence-corrected chi connectivity index (χ4v) is 1.04. The molecule has 0 spiro atoms. The van der Waals surface area contributed by atoms with Crippen LogP contribution in [-0.4, -0.2) is 12.7 Å². The summed E-state index contributed by atoms with van der Waals surface area (Å²) in [5.41, 5.74) is 0. The molecule has 0 saturated heterocycles. The van der Waals surface area contributed by atoms with E-state index in [4.69, 9.17) is 5.26 Å². The topological polar surface area (TPSA) is 110 Å². The normalized spacial score (nSPS) is 9.90. The van der Waals surface area contributed by atoms with Gasteiger partial charge in [-0.1, -0.05) is 0 Å². The Morgan fingerprint density at radius 2 is 2.20 bits per heavy atom. The standard InChI is InChI=1S/CN2O5S2/c2-1-8-10(6,7)9-3(4)5. The van der Waals surface area contributed by atoms with E-state index in [9.17, 15) is 18.5 Å². The van der Waals surface area contributed by atoms with Crippen LogP contribution in [0.1, 0.15) is 0 Å². The molecule has 0 aromatic rings. The third kappa shape index (κ3) is 3.93. The van der Waals surface area contributed by atoms with Crippen molar-refractivity contribution in [3.05, 3.63) is 10.1 Å². The Morgan fingerprint density at radius 1 is 1.70 bits per heavy atom. The molecule has 0 rings (SSSR count). The molecule has 9 heteroatoms. The maximum absolute atomic E-state index is 10.1. The molecule has 0 heterocycles. The Bertz CT molecular complexity index is 260. The Labute approximate surface area is 59.4 Å². The fourth-order valence-electron chi connectivity index (χ4n) is 0.135. The molecule has 0 unspecified atom stereocenters. The summed E-state index contributed by atoms with van der Waals surface area (Å²) in [6.45, 7) is 0. The predicted molar refractivity (Wildman–Crippen MR) is 30.2 cm³/mol. The van der Waals surface area contributed by atoms with Gasteiger partial charge >= 0.3 is 26.4 Å². The van der Waals surface area contributed by atoms with Crippen molar-refractivity contribution in [2.24, 2.45) is 0 Å². The molecule has 0 aliphatic carbocycles. The van der Waals surface area contributed by atoms with Gasteiger partial charge in [0.15, 0.2) is 0 Å². The van der Waals surface area contributed by atoms with Crippen molar-refractivity contribution in [3.8, 4) is 6.26 Å². The van der Waals surface area contributed by atoms with Crippen LogP contribution < -0.4 is 0 Å². The molecule has 56 valence electrons. The van der Waals surface area contributed by atoms with Crippen LogP contribution in [0.2, 0.25) is 0 Å². The van der Waals surface area contributed by atoms with Gasteiger partial charge in [0, 0.05) is 0 Å². The number of nitriles is 1. The van der Waals surface area contributed by atoms with E-state index in [2.05, 4.69) is 4.18 Å². The zero-order valence-electron chi connectivity index (χ0n) is 4.25. The summed E-state index contributed by atoms with van der Waals surface area (Å²) in [4.78, 5) is 9.49. The quantitative estimate of drug-likeness (QED) is 0.194. The average molecular weight is 184 g/mol. The van der Waals surface area contributed by atoms with Gasteiger partial charge in [-0.3, -0.25) is 4.18 Å². The van der Waals surface area contributed by atoms with Gasteiger partial charge in [-0.25, -0.2) is 10.1 Å². The van der Waals surface area contributed by atoms with E-state index < -0.39 is 24.5 Å². The molecule has 0 aromatic carbocycles. The van der Waals surface area contributed by atoms with Gasteiger partial charge in [-0.05, 0) is 0 Å². The monoisotopic (exact) mass is 184 g/mol. The molecule has 0 saturated carbocycles. The van der Waals surface area contributed by atoms with Crippen molar-refractivity contribution in [1.82, 2.24) is 0 Å². The van der Waals surface area contributed by atoms with Crippen LogP contribution in [0.5, 0.6) is 0 Å². The summed E-state index contributed by atoms with van der Waals surface area (Å²) >= 11 is 0. The van der Waals surface area contributed by atoms with Crippen LogP contribution in [0.15, 0.2) is 0 Å². The number of hydrogen-bond acceptors (Lipinski definition) is 7. The lowest BCUT2D eigenvalue weighted by Gasteiger charge is -1.86. The second kappa shape index (κ2) is 3.23. The lowest BCUT2D eigenvalue weighted by Crippen LogP contribution is -1.99. The molecule has 0 amide bonds. The lowest BCUT2D eigenvalue weighted by molar-refractivity contribution is -0.281. The minimum absolute atomic E-state index is 0.669. The highest BCUT2D eigenvalue weighted by Crippen LogP contribution is 2.12. The van der Waals surface area contributed by atoms with Crippen LogP contribution in [0.4, 0.5) is 0 Å². The third-order valence-corrected chi connectivity index (χ3v) is 1.99. The molecule has 0 aliphatic heterocycles. The molecular formula is CN2O5S2. The molecule has 10 heavy (non-hydrogen) atoms. The second-order valence-corrected chi connectivity index (χ2v) is 3.98. The fraction of sp³-hybridized carbons (Fsp3) is 0. The van der Waals surface area contributed by atoms with E-state index in [1.807, 2.05) is 0 Å². The molecule has 0 atom stereocenters. The van der Waals surface area contributed by atoms with Crippen LogP contribution in [0, 0.1) is 21.6 Å². The molecule has 7 nitrogen and oxygen atoms in total. The van der Waals surface area contributed by atoms with Crippen LogP contribution >= 0.6 is 11.0 Å². The Balaban J connectivity index is 4.19. The average Bonchev–Trinajstić information content (AvgIpc) is 1.59. The first-order valence-electron chi connectivity index (χ1n) is 1.64. The van der Waals surface area contributed by atoms with E-state index in [1.54, 1.807) is 0 Å². The lowest BCUT2D eigenvalue weighted by atomic mass is 11.6. The smallest absolute Gasteiger partial charge is 0.290 e. The van der Waals surface area contributed by atoms with E-state index in [1.165, 1.54) is 0 Å². The molecule has 0 aromatic heterocycles. The largest absolute Gasteiger partial charge is 0.445 e. The number of nitro groups is 1. The molecule has 0 radical (unpaired) electrons. The third-order valence-electron chi connectivity index (χ3n) is 0.291. The van der Waals surface area contributed by atoms with Gasteiger partial charge in [-0.2, -0.15) is 8.42 Å².